The number of benzene rings is 2. The van der Waals surface area contributed by atoms with Crippen LogP contribution in [0.3, 0.4) is 0 Å². The van der Waals surface area contributed by atoms with Crippen molar-refractivity contribution in [1.29, 1.82) is 0 Å². The molecule has 0 unspecified atom stereocenters. The molecule has 0 radical (unpaired) electrons. The standard InChI is InChI=1S/C22H22N6O3/c1-4-30-20-7-5-6-18(28-22(29)25-26-27-28)17(20)13-31-19-9-8-16(12-14(19)2)21-23-11-10-15(3)24-21/h5-12H,4,13H2,1-3H3,(H,25,27,29). The van der Waals surface area contributed by atoms with Crippen LogP contribution in [-0.4, -0.2) is 36.8 Å². The first-order chi connectivity index (χ1) is 15.1. The fourth-order valence-electron chi connectivity index (χ4n) is 3.23. The van der Waals surface area contributed by atoms with Gasteiger partial charge in [0.05, 0.1) is 17.9 Å². The highest BCUT2D eigenvalue weighted by Crippen LogP contribution is 2.29. The van der Waals surface area contributed by atoms with Gasteiger partial charge in [0.15, 0.2) is 5.82 Å². The van der Waals surface area contributed by atoms with Crippen molar-refractivity contribution in [2.45, 2.75) is 27.4 Å². The van der Waals surface area contributed by atoms with Crippen LogP contribution in [0.15, 0.2) is 53.5 Å². The third kappa shape index (κ3) is 4.30. The molecule has 0 fully saturated rings. The fraction of sp³-hybridized carbons (Fsp3) is 0.227. The van der Waals surface area contributed by atoms with Crippen LogP contribution in [0.25, 0.3) is 17.1 Å². The molecule has 0 bridgehead atoms. The van der Waals surface area contributed by atoms with Crippen molar-refractivity contribution in [2.24, 2.45) is 0 Å². The minimum Gasteiger partial charge on any atom is -0.493 e. The molecular formula is C22H22N6O3. The van der Waals surface area contributed by atoms with Gasteiger partial charge in [-0.2, -0.15) is 4.68 Å². The van der Waals surface area contributed by atoms with Gasteiger partial charge in [-0.3, -0.25) is 0 Å². The molecule has 0 saturated carbocycles. The molecule has 9 nitrogen and oxygen atoms in total. The first-order valence-corrected chi connectivity index (χ1v) is 9.85. The highest BCUT2D eigenvalue weighted by Gasteiger charge is 2.16. The Morgan fingerprint density at radius 3 is 2.65 bits per heavy atom. The first kappa shape index (κ1) is 20.3. The lowest BCUT2D eigenvalue weighted by atomic mass is 10.1. The number of H-pyrrole nitrogens is 1. The van der Waals surface area contributed by atoms with Crippen molar-refractivity contribution in [3.05, 3.63) is 76.0 Å². The van der Waals surface area contributed by atoms with E-state index in [1.165, 1.54) is 4.68 Å². The van der Waals surface area contributed by atoms with Gasteiger partial charge in [0.25, 0.3) is 0 Å². The molecule has 0 aliphatic rings. The fourth-order valence-corrected chi connectivity index (χ4v) is 3.23. The van der Waals surface area contributed by atoms with Crippen LogP contribution in [0.4, 0.5) is 0 Å². The van der Waals surface area contributed by atoms with Gasteiger partial charge in [0.2, 0.25) is 0 Å². The summed E-state index contributed by atoms with van der Waals surface area (Å²) in [5, 5.41) is 9.73. The Bertz CT molecular complexity index is 1260. The van der Waals surface area contributed by atoms with Crippen molar-refractivity contribution in [2.75, 3.05) is 6.61 Å². The summed E-state index contributed by atoms with van der Waals surface area (Å²) in [5.41, 5.74) is 3.58. The number of hydrogen-bond acceptors (Lipinski definition) is 7. The van der Waals surface area contributed by atoms with Crippen LogP contribution in [0.5, 0.6) is 11.5 Å². The number of rotatable bonds is 7. The number of tetrazole rings is 1. The van der Waals surface area contributed by atoms with E-state index < -0.39 is 5.69 Å². The average Bonchev–Trinajstić information content (AvgIpc) is 3.19. The molecule has 9 heteroatoms. The van der Waals surface area contributed by atoms with E-state index in [1.54, 1.807) is 18.3 Å². The number of aromatic nitrogens is 6. The molecule has 31 heavy (non-hydrogen) atoms. The van der Waals surface area contributed by atoms with Gasteiger partial charge in [0, 0.05) is 17.5 Å². The van der Waals surface area contributed by atoms with Crippen molar-refractivity contribution < 1.29 is 9.47 Å². The summed E-state index contributed by atoms with van der Waals surface area (Å²) < 4.78 is 13.0. The first-order valence-electron chi connectivity index (χ1n) is 9.85. The van der Waals surface area contributed by atoms with Crippen molar-refractivity contribution in [3.63, 3.8) is 0 Å². The van der Waals surface area contributed by atoms with E-state index in [4.69, 9.17) is 9.47 Å². The molecule has 4 aromatic rings. The van der Waals surface area contributed by atoms with Crippen LogP contribution >= 0.6 is 0 Å². The molecule has 0 saturated heterocycles. The number of ether oxygens (including phenoxy) is 2. The van der Waals surface area contributed by atoms with Gasteiger partial charge in [-0.05, 0) is 73.2 Å². The van der Waals surface area contributed by atoms with Crippen LogP contribution < -0.4 is 15.2 Å². The van der Waals surface area contributed by atoms with Gasteiger partial charge < -0.3 is 9.47 Å². The molecule has 0 spiro atoms. The van der Waals surface area contributed by atoms with Crippen LogP contribution in [-0.2, 0) is 6.61 Å². The summed E-state index contributed by atoms with van der Waals surface area (Å²) in [7, 11) is 0. The quantitative estimate of drug-likeness (QED) is 0.491. The van der Waals surface area contributed by atoms with E-state index in [2.05, 4.69) is 25.5 Å². The second kappa shape index (κ2) is 8.78. The third-order valence-corrected chi connectivity index (χ3v) is 4.71. The molecule has 2 aromatic heterocycles. The topological polar surface area (TPSA) is 108 Å². The summed E-state index contributed by atoms with van der Waals surface area (Å²) in [5.74, 6) is 2.00. The average molecular weight is 418 g/mol. The zero-order valence-corrected chi connectivity index (χ0v) is 17.5. The number of aryl methyl sites for hydroxylation is 2. The highest BCUT2D eigenvalue weighted by molar-refractivity contribution is 5.58. The van der Waals surface area contributed by atoms with E-state index in [-0.39, 0.29) is 6.61 Å². The smallest absolute Gasteiger partial charge is 0.365 e. The number of hydrogen-bond donors (Lipinski definition) is 1. The maximum Gasteiger partial charge on any atom is 0.365 e. The van der Waals surface area contributed by atoms with Crippen molar-refractivity contribution in [3.8, 4) is 28.6 Å². The van der Waals surface area contributed by atoms with E-state index >= 15 is 0 Å². The van der Waals surface area contributed by atoms with Crippen LogP contribution in [0.2, 0.25) is 0 Å². The molecule has 158 valence electrons. The Balaban J connectivity index is 1.63. The third-order valence-electron chi connectivity index (χ3n) is 4.71. The summed E-state index contributed by atoms with van der Waals surface area (Å²) in [6.07, 6.45) is 1.75. The van der Waals surface area contributed by atoms with E-state index in [1.807, 2.05) is 51.1 Å². The maximum absolute atomic E-state index is 12.1. The lowest BCUT2D eigenvalue weighted by Crippen LogP contribution is -2.18. The molecular weight excluding hydrogens is 396 g/mol. The lowest BCUT2D eigenvalue weighted by Gasteiger charge is -2.16. The molecule has 0 aliphatic heterocycles. The molecule has 0 amide bonds. The van der Waals surface area contributed by atoms with Gasteiger partial charge in [-0.15, -0.1) is 0 Å². The maximum atomic E-state index is 12.1. The van der Waals surface area contributed by atoms with Crippen molar-refractivity contribution >= 4 is 0 Å². The predicted molar refractivity (Wildman–Crippen MR) is 114 cm³/mol. The Kier molecular flexibility index (Phi) is 5.74. The van der Waals surface area contributed by atoms with Gasteiger partial charge in [-0.25, -0.2) is 19.9 Å². The summed E-state index contributed by atoms with van der Waals surface area (Å²) >= 11 is 0. The largest absolute Gasteiger partial charge is 0.493 e. The minimum atomic E-state index is -0.436. The zero-order valence-electron chi connectivity index (χ0n) is 17.5. The zero-order chi connectivity index (χ0) is 21.8. The van der Waals surface area contributed by atoms with Gasteiger partial charge in [0.1, 0.15) is 18.1 Å². The van der Waals surface area contributed by atoms with E-state index in [9.17, 15) is 4.79 Å². The normalized spacial score (nSPS) is 10.8. The van der Waals surface area contributed by atoms with Crippen LogP contribution in [0.1, 0.15) is 23.7 Å². The highest BCUT2D eigenvalue weighted by atomic mass is 16.5. The summed E-state index contributed by atoms with van der Waals surface area (Å²) in [6.45, 7) is 6.46. The van der Waals surface area contributed by atoms with Crippen molar-refractivity contribution in [1.82, 2.24) is 30.2 Å². The molecule has 4 rings (SSSR count). The Morgan fingerprint density at radius 2 is 1.94 bits per heavy atom. The summed E-state index contributed by atoms with van der Waals surface area (Å²) in [6, 6.07) is 13.1. The SMILES string of the molecule is CCOc1cccc(-n2nn[nH]c2=O)c1COc1ccc(-c2nccc(C)n2)cc1C. The molecule has 0 atom stereocenters. The molecule has 2 heterocycles. The minimum absolute atomic E-state index is 0.186. The van der Waals surface area contributed by atoms with Crippen LogP contribution in [0, 0.1) is 13.8 Å². The Hall–Kier alpha value is -4.01. The summed E-state index contributed by atoms with van der Waals surface area (Å²) in [4.78, 5) is 20.9. The second-order valence-corrected chi connectivity index (χ2v) is 6.90. The predicted octanol–water partition coefficient (Wildman–Crippen LogP) is 3.01. The molecule has 1 N–H and O–H groups in total. The molecule has 0 aliphatic carbocycles. The number of nitrogens with one attached hydrogen (secondary N) is 1. The Morgan fingerprint density at radius 1 is 1.06 bits per heavy atom. The lowest BCUT2D eigenvalue weighted by molar-refractivity contribution is 0.284. The Labute approximate surface area is 178 Å². The van der Waals surface area contributed by atoms with Gasteiger partial charge >= 0.3 is 5.69 Å². The second-order valence-electron chi connectivity index (χ2n) is 6.90. The monoisotopic (exact) mass is 418 g/mol. The molecule has 2 aromatic carbocycles. The number of aromatic amines is 1. The van der Waals surface area contributed by atoms with E-state index in [0.29, 0.717) is 35.2 Å². The van der Waals surface area contributed by atoms with E-state index in [0.717, 1.165) is 16.8 Å². The number of nitrogens with zero attached hydrogens (tertiary/aromatic N) is 5. The van der Waals surface area contributed by atoms with Gasteiger partial charge in [-0.1, -0.05) is 6.07 Å².